The molecule has 1 aromatic heterocycles. The normalized spacial score (nSPS) is 11.9. The van der Waals surface area contributed by atoms with Crippen molar-refractivity contribution in [3.63, 3.8) is 0 Å². The van der Waals surface area contributed by atoms with Crippen molar-refractivity contribution in [3.8, 4) is 0 Å². The van der Waals surface area contributed by atoms with E-state index in [1.54, 1.807) is 17.8 Å². The Bertz CT molecular complexity index is 402. The van der Waals surface area contributed by atoms with Crippen molar-refractivity contribution >= 4 is 17.7 Å². The average molecular weight is 240 g/mol. The van der Waals surface area contributed by atoms with E-state index in [1.807, 2.05) is 6.92 Å². The third-order valence-corrected chi connectivity index (χ3v) is 2.07. The Labute approximate surface area is 98.8 Å². The molecule has 0 aliphatic heterocycles. The van der Waals surface area contributed by atoms with Gasteiger partial charge in [0, 0.05) is 18.8 Å². The van der Waals surface area contributed by atoms with Gasteiger partial charge in [-0.05, 0) is 13.8 Å². The second-order valence-electron chi connectivity index (χ2n) is 3.68. The van der Waals surface area contributed by atoms with Gasteiger partial charge < -0.3 is 15.7 Å². The fourth-order valence-electron chi connectivity index (χ4n) is 1.30. The fraction of sp³-hybridized carbons (Fsp3) is 0.500. The molecule has 0 saturated heterocycles. The Morgan fingerprint density at radius 3 is 2.82 bits per heavy atom. The quantitative estimate of drug-likeness (QED) is 0.712. The predicted octanol–water partition coefficient (Wildman–Crippen LogP) is 0.888. The number of aliphatic carboxylic acids is 1. The zero-order valence-corrected chi connectivity index (χ0v) is 9.80. The minimum absolute atomic E-state index is 0.109. The van der Waals surface area contributed by atoms with E-state index in [-0.39, 0.29) is 6.42 Å². The summed E-state index contributed by atoms with van der Waals surface area (Å²) >= 11 is 0. The summed E-state index contributed by atoms with van der Waals surface area (Å²) in [5.41, 5.74) is 0.576. The largest absolute Gasteiger partial charge is 0.481 e. The number of rotatable bonds is 5. The Balaban J connectivity index is 2.41. The molecule has 0 radical (unpaired) electrons. The first-order valence-corrected chi connectivity index (χ1v) is 5.33. The molecule has 0 bridgehead atoms. The van der Waals surface area contributed by atoms with Gasteiger partial charge in [0.15, 0.2) is 0 Å². The van der Waals surface area contributed by atoms with Crippen LogP contribution < -0.4 is 10.6 Å². The Kier molecular flexibility index (Phi) is 4.50. The Hall–Kier alpha value is -2.05. The zero-order chi connectivity index (χ0) is 12.8. The highest BCUT2D eigenvalue weighted by molar-refractivity contribution is 5.89. The first-order valence-electron chi connectivity index (χ1n) is 5.33. The average Bonchev–Trinajstić information content (AvgIpc) is 2.63. The molecule has 3 N–H and O–H groups in total. The molecule has 1 heterocycles. The molecule has 0 aliphatic rings. The highest BCUT2D eigenvalue weighted by Gasteiger charge is 2.11. The van der Waals surface area contributed by atoms with Gasteiger partial charge in [0.05, 0.1) is 18.3 Å². The molecule has 7 nitrogen and oxygen atoms in total. The Morgan fingerprint density at radius 1 is 1.59 bits per heavy atom. The van der Waals surface area contributed by atoms with Gasteiger partial charge in [-0.2, -0.15) is 5.10 Å². The van der Waals surface area contributed by atoms with Gasteiger partial charge in [-0.15, -0.1) is 0 Å². The van der Waals surface area contributed by atoms with Crippen LogP contribution in [-0.4, -0.2) is 32.9 Å². The third-order valence-electron chi connectivity index (χ3n) is 2.07. The number of aryl methyl sites for hydroxylation is 1. The third kappa shape index (κ3) is 4.54. The molecule has 1 atom stereocenters. The van der Waals surface area contributed by atoms with E-state index in [2.05, 4.69) is 15.7 Å². The number of amides is 2. The number of nitrogens with one attached hydrogen (secondary N) is 2. The molecular weight excluding hydrogens is 224 g/mol. The number of carbonyl (C=O) groups excluding carboxylic acids is 1. The van der Waals surface area contributed by atoms with Gasteiger partial charge in [-0.3, -0.25) is 9.48 Å². The molecule has 0 aromatic carbocycles. The van der Waals surface area contributed by atoms with Crippen molar-refractivity contribution in [2.45, 2.75) is 32.9 Å². The molecule has 1 rings (SSSR count). The maximum Gasteiger partial charge on any atom is 0.319 e. The molecule has 0 fully saturated rings. The first-order chi connectivity index (χ1) is 8.01. The minimum Gasteiger partial charge on any atom is -0.481 e. The molecule has 0 spiro atoms. The lowest BCUT2D eigenvalue weighted by Crippen LogP contribution is -2.37. The summed E-state index contributed by atoms with van der Waals surface area (Å²) in [7, 11) is 0. The van der Waals surface area contributed by atoms with Gasteiger partial charge in [0.25, 0.3) is 0 Å². The molecular formula is C10H16N4O3. The molecule has 2 amide bonds. The van der Waals surface area contributed by atoms with Crippen molar-refractivity contribution in [1.29, 1.82) is 0 Å². The van der Waals surface area contributed by atoms with Crippen LogP contribution >= 0.6 is 0 Å². The molecule has 7 heteroatoms. The van der Waals surface area contributed by atoms with E-state index in [9.17, 15) is 9.59 Å². The number of carboxylic acid groups (broad SMARTS) is 1. The zero-order valence-electron chi connectivity index (χ0n) is 9.80. The minimum atomic E-state index is -0.948. The van der Waals surface area contributed by atoms with E-state index >= 15 is 0 Å². The van der Waals surface area contributed by atoms with Crippen LogP contribution in [-0.2, 0) is 11.3 Å². The number of carbonyl (C=O) groups is 2. The van der Waals surface area contributed by atoms with E-state index in [1.165, 1.54) is 6.20 Å². The molecule has 94 valence electrons. The summed E-state index contributed by atoms with van der Waals surface area (Å²) in [5, 5.41) is 17.6. The van der Waals surface area contributed by atoms with Gasteiger partial charge in [0.1, 0.15) is 0 Å². The number of urea groups is 1. The second-order valence-corrected chi connectivity index (χ2v) is 3.68. The summed E-state index contributed by atoms with van der Waals surface area (Å²) in [4.78, 5) is 21.9. The van der Waals surface area contributed by atoms with Gasteiger partial charge >= 0.3 is 12.0 Å². The number of nitrogens with zero attached hydrogens (tertiary/aromatic N) is 2. The van der Waals surface area contributed by atoms with E-state index in [4.69, 9.17) is 5.11 Å². The summed E-state index contributed by atoms with van der Waals surface area (Å²) in [6.45, 7) is 4.29. The van der Waals surface area contributed by atoms with E-state index in [0.717, 1.165) is 6.54 Å². The first kappa shape index (κ1) is 13.0. The number of hydrogen-bond acceptors (Lipinski definition) is 3. The van der Waals surface area contributed by atoms with Crippen LogP contribution in [0.25, 0.3) is 0 Å². The molecule has 0 saturated carbocycles. The predicted molar refractivity (Wildman–Crippen MR) is 61.8 cm³/mol. The Morgan fingerprint density at radius 2 is 2.29 bits per heavy atom. The van der Waals surface area contributed by atoms with Gasteiger partial charge in [0.2, 0.25) is 0 Å². The lowest BCUT2D eigenvalue weighted by atomic mass is 10.2. The molecule has 1 unspecified atom stereocenters. The van der Waals surface area contributed by atoms with Crippen LogP contribution in [0.5, 0.6) is 0 Å². The van der Waals surface area contributed by atoms with Crippen molar-refractivity contribution in [2.24, 2.45) is 0 Å². The van der Waals surface area contributed by atoms with Gasteiger partial charge in [-0.25, -0.2) is 4.79 Å². The van der Waals surface area contributed by atoms with Crippen LogP contribution in [0.4, 0.5) is 10.5 Å². The summed E-state index contributed by atoms with van der Waals surface area (Å²) in [6, 6.07) is -0.858. The monoisotopic (exact) mass is 240 g/mol. The van der Waals surface area contributed by atoms with Crippen molar-refractivity contribution in [2.75, 3.05) is 5.32 Å². The van der Waals surface area contributed by atoms with Crippen molar-refractivity contribution in [1.82, 2.24) is 15.1 Å². The topological polar surface area (TPSA) is 96.2 Å². The standard InChI is InChI=1S/C10H16N4O3/c1-3-14-6-8(5-11-14)13-10(17)12-7(2)4-9(15)16/h5-7H,3-4H2,1-2H3,(H,15,16)(H2,12,13,17). The maximum absolute atomic E-state index is 11.4. The lowest BCUT2D eigenvalue weighted by Gasteiger charge is -2.11. The van der Waals surface area contributed by atoms with Crippen LogP contribution in [0.2, 0.25) is 0 Å². The number of carboxylic acids is 1. The number of aromatic nitrogens is 2. The van der Waals surface area contributed by atoms with E-state index < -0.39 is 18.0 Å². The number of anilines is 1. The fourth-order valence-corrected chi connectivity index (χ4v) is 1.30. The van der Waals surface area contributed by atoms with Crippen molar-refractivity contribution in [3.05, 3.63) is 12.4 Å². The van der Waals surface area contributed by atoms with Crippen LogP contribution in [0.3, 0.4) is 0 Å². The smallest absolute Gasteiger partial charge is 0.319 e. The SMILES string of the molecule is CCn1cc(NC(=O)NC(C)CC(=O)O)cn1. The molecule has 1 aromatic rings. The second kappa shape index (κ2) is 5.88. The van der Waals surface area contributed by atoms with Crippen LogP contribution in [0, 0.1) is 0 Å². The maximum atomic E-state index is 11.4. The highest BCUT2D eigenvalue weighted by atomic mass is 16.4. The lowest BCUT2D eigenvalue weighted by molar-refractivity contribution is -0.137. The van der Waals surface area contributed by atoms with Crippen LogP contribution in [0.15, 0.2) is 12.4 Å². The van der Waals surface area contributed by atoms with E-state index in [0.29, 0.717) is 5.69 Å². The summed E-state index contributed by atoms with van der Waals surface area (Å²) < 4.78 is 1.68. The molecule has 0 aliphatic carbocycles. The van der Waals surface area contributed by atoms with Gasteiger partial charge in [-0.1, -0.05) is 0 Å². The molecule has 17 heavy (non-hydrogen) atoms. The number of hydrogen-bond donors (Lipinski definition) is 3. The van der Waals surface area contributed by atoms with Crippen molar-refractivity contribution < 1.29 is 14.7 Å². The summed E-state index contributed by atoms with van der Waals surface area (Å²) in [5.74, 6) is -0.948. The highest BCUT2D eigenvalue weighted by Crippen LogP contribution is 2.04. The van der Waals surface area contributed by atoms with Crippen LogP contribution in [0.1, 0.15) is 20.3 Å². The summed E-state index contributed by atoms with van der Waals surface area (Å²) in [6.07, 6.45) is 3.12.